The number of aromatic nitrogens is 3. The summed E-state index contributed by atoms with van der Waals surface area (Å²) in [7, 11) is 3.88. The van der Waals surface area contributed by atoms with E-state index in [9.17, 15) is 0 Å². The van der Waals surface area contributed by atoms with E-state index in [2.05, 4.69) is 28.6 Å². The van der Waals surface area contributed by atoms with Crippen LogP contribution in [-0.4, -0.2) is 21.8 Å². The molecular formula is C15H16N4. The van der Waals surface area contributed by atoms with Crippen molar-refractivity contribution in [1.82, 2.24) is 20.1 Å². The summed E-state index contributed by atoms with van der Waals surface area (Å²) in [6.07, 6.45) is 1.81. The first kappa shape index (κ1) is 11.9. The lowest BCUT2D eigenvalue weighted by Crippen LogP contribution is -2.21. The summed E-state index contributed by atoms with van der Waals surface area (Å²) >= 11 is 0. The zero-order valence-corrected chi connectivity index (χ0v) is 11.0. The lowest BCUT2D eigenvalue weighted by atomic mass is 10.1. The number of hydrogen-bond donors (Lipinski definition) is 1. The number of benzene rings is 1. The van der Waals surface area contributed by atoms with Crippen molar-refractivity contribution in [2.24, 2.45) is 7.05 Å². The fourth-order valence-corrected chi connectivity index (χ4v) is 2.36. The molecule has 96 valence electrons. The van der Waals surface area contributed by atoms with E-state index in [0.29, 0.717) is 0 Å². The van der Waals surface area contributed by atoms with Gasteiger partial charge in [0.1, 0.15) is 0 Å². The molecular weight excluding hydrogens is 236 g/mol. The molecule has 1 N–H and O–H groups in total. The molecule has 19 heavy (non-hydrogen) atoms. The monoisotopic (exact) mass is 252 g/mol. The van der Waals surface area contributed by atoms with Crippen LogP contribution in [0.1, 0.15) is 17.4 Å². The smallest absolute Gasteiger partial charge is 0.0919 e. The molecule has 0 fully saturated rings. The van der Waals surface area contributed by atoms with Crippen molar-refractivity contribution in [2.75, 3.05) is 7.05 Å². The molecule has 0 saturated carbocycles. The van der Waals surface area contributed by atoms with Crippen molar-refractivity contribution in [3.8, 4) is 0 Å². The number of nitrogens with one attached hydrogen (secondary N) is 1. The minimum atomic E-state index is 0.0529. The molecule has 0 aliphatic rings. The van der Waals surface area contributed by atoms with Crippen LogP contribution < -0.4 is 5.32 Å². The molecule has 4 nitrogen and oxygen atoms in total. The second kappa shape index (κ2) is 4.82. The van der Waals surface area contributed by atoms with Crippen molar-refractivity contribution < 1.29 is 0 Å². The topological polar surface area (TPSA) is 42.7 Å². The Hall–Kier alpha value is -2.20. The van der Waals surface area contributed by atoms with Crippen molar-refractivity contribution in [1.29, 1.82) is 0 Å². The Labute approximate surface area is 112 Å². The van der Waals surface area contributed by atoms with Gasteiger partial charge in [0.05, 0.1) is 22.9 Å². The highest BCUT2D eigenvalue weighted by Crippen LogP contribution is 2.21. The van der Waals surface area contributed by atoms with Gasteiger partial charge in [0.25, 0.3) is 0 Å². The van der Waals surface area contributed by atoms with Gasteiger partial charge in [0.2, 0.25) is 0 Å². The number of hydrogen-bond acceptors (Lipinski definition) is 3. The second-order valence-corrected chi connectivity index (χ2v) is 4.53. The van der Waals surface area contributed by atoms with Crippen LogP contribution in [0.4, 0.5) is 0 Å². The number of fused-ring (bicyclic) bond motifs is 1. The number of nitrogens with zero attached hydrogens (tertiary/aromatic N) is 3. The first-order chi connectivity index (χ1) is 9.29. The number of para-hydroxylation sites is 1. The van der Waals surface area contributed by atoms with Crippen LogP contribution >= 0.6 is 0 Å². The average molecular weight is 252 g/mol. The van der Waals surface area contributed by atoms with Crippen LogP contribution in [0, 0.1) is 0 Å². The van der Waals surface area contributed by atoms with Gasteiger partial charge in [0, 0.05) is 18.6 Å². The molecule has 1 atom stereocenters. The molecule has 0 radical (unpaired) electrons. The Kier molecular flexibility index (Phi) is 3.01. The Bertz CT molecular complexity index is 702. The summed E-state index contributed by atoms with van der Waals surface area (Å²) in [5.74, 6) is 0. The first-order valence-corrected chi connectivity index (χ1v) is 6.30. The first-order valence-electron chi connectivity index (χ1n) is 6.30. The minimum Gasteiger partial charge on any atom is -0.307 e. The molecule has 0 spiro atoms. The van der Waals surface area contributed by atoms with Gasteiger partial charge in [-0.25, -0.2) is 0 Å². The molecule has 1 unspecified atom stereocenters. The van der Waals surface area contributed by atoms with E-state index in [1.807, 2.05) is 43.0 Å². The number of rotatable bonds is 3. The largest absolute Gasteiger partial charge is 0.307 e. The normalized spacial score (nSPS) is 12.7. The SMILES string of the molecule is CNC(c1ccc2ccccc2n1)c1ccnn1C. The Balaban J connectivity index is 2.09. The van der Waals surface area contributed by atoms with Gasteiger partial charge in [0.15, 0.2) is 0 Å². The summed E-state index contributed by atoms with van der Waals surface area (Å²) in [6.45, 7) is 0. The van der Waals surface area contributed by atoms with Crippen LogP contribution in [-0.2, 0) is 7.05 Å². The van der Waals surface area contributed by atoms with Crippen molar-refractivity contribution in [3.05, 3.63) is 60.0 Å². The highest BCUT2D eigenvalue weighted by molar-refractivity contribution is 5.78. The fourth-order valence-electron chi connectivity index (χ4n) is 2.36. The summed E-state index contributed by atoms with van der Waals surface area (Å²) < 4.78 is 1.87. The average Bonchev–Trinajstić information content (AvgIpc) is 2.86. The predicted molar refractivity (Wildman–Crippen MR) is 75.9 cm³/mol. The molecule has 0 saturated heterocycles. The molecule has 1 aromatic carbocycles. The third-order valence-electron chi connectivity index (χ3n) is 3.36. The van der Waals surface area contributed by atoms with E-state index in [1.165, 1.54) is 0 Å². The standard InChI is InChI=1S/C15H16N4/c1-16-15(14-9-10-17-19(14)2)13-8-7-11-5-3-4-6-12(11)18-13/h3-10,15-16H,1-2H3. The second-order valence-electron chi connectivity index (χ2n) is 4.53. The Morgan fingerprint density at radius 2 is 1.95 bits per heavy atom. The number of pyridine rings is 1. The fraction of sp³-hybridized carbons (Fsp3) is 0.200. The van der Waals surface area contributed by atoms with Gasteiger partial charge in [-0.15, -0.1) is 0 Å². The van der Waals surface area contributed by atoms with E-state index in [1.54, 1.807) is 6.20 Å². The van der Waals surface area contributed by atoms with Crippen LogP contribution in [0.3, 0.4) is 0 Å². The highest BCUT2D eigenvalue weighted by atomic mass is 15.3. The van der Waals surface area contributed by atoms with Crippen molar-refractivity contribution in [3.63, 3.8) is 0 Å². The quantitative estimate of drug-likeness (QED) is 0.777. The zero-order valence-electron chi connectivity index (χ0n) is 11.0. The number of aryl methyl sites for hydroxylation is 1. The lowest BCUT2D eigenvalue weighted by molar-refractivity contribution is 0.596. The molecule has 0 aliphatic carbocycles. The molecule has 0 amide bonds. The summed E-state index contributed by atoms with van der Waals surface area (Å²) in [6, 6.07) is 14.4. The maximum absolute atomic E-state index is 4.74. The Morgan fingerprint density at radius 3 is 2.68 bits per heavy atom. The minimum absolute atomic E-state index is 0.0529. The third-order valence-corrected chi connectivity index (χ3v) is 3.36. The maximum atomic E-state index is 4.74. The summed E-state index contributed by atoms with van der Waals surface area (Å²) in [5.41, 5.74) is 3.12. The van der Waals surface area contributed by atoms with Gasteiger partial charge in [-0.2, -0.15) is 5.10 Å². The van der Waals surface area contributed by atoms with Gasteiger partial charge in [-0.3, -0.25) is 9.67 Å². The molecule has 0 aliphatic heterocycles. The van der Waals surface area contributed by atoms with Crippen LogP contribution in [0.25, 0.3) is 10.9 Å². The summed E-state index contributed by atoms with van der Waals surface area (Å²) in [5, 5.41) is 8.68. The van der Waals surface area contributed by atoms with E-state index in [-0.39, 0.29) is 6.04 Å². The summed E-state index contributed by atoms with van der Waals surface area (Å²) in [4.78, 5) is 4.74. The lowest BCUT2D eigenvalue weighted by Gasteiger charge is -2.16. The maximum Gasteiger partial charge on any atom is 0.0919 e. The van der Waals surface area contributed by atoms with Gasteiger partial charge >= 0.3 is 0 Å². The van der Waals surface area contributed by atoms with Crippen molar-refractivity contribution in [2.45, 2.75) is 6.04 Å². The van der Waals surface area contributed by atoms with Gasteiger partial charge in [-0.1, -0.05) is 24.3 Å². The van der Waals surface area contributed by atoms with Crippen LogP contribution in [0.2, 0.25) is 0 Å². The molecule has 3 aromatic rings. The molecule has 3 rings (SSSR count). The van der Waals surface area contributed by atoms with E-state index in [4.69, 9.17) is 4.98 Å². The highest BCUT2D eigenvalue weighted by Gasteiger charge is 2.16. The van der Waals surface area contributed by atoms with E-state index in [0.717, 1.165) is 22.3 Å². The predicted octanol–water partition coefficient (Wildman–Crippen LogP) is 2.28. The Morgan fingerprint density at radius 1 is 1.11 bits per heavy atom. The van der Waals surface area contributed by atoms with Gasteiger partial charge in [-0.05, 0) is 25.2 Å². The van der Waals surface area contributed by atoms with Crippen LogP contribution in [0.5, 0.6) is 0 Å². The van der Waals surface area contributed by atoms with E-state index >= 15 is 0 Å². The van der Waals surface area contributed by atoms with Crippen molar-refractivity contribution >= 4 is 10.9 Å². The molecule has 4 heteroatoms. The molecule has 2 heterocycles. The van der Waals surface area contributed by atoms with E-state index < -0.39 is 0 Å². The molecule has 2 aromatic heterocycles. The van der Waals surface area contributed by atoms with Crippen LogP contribution in [0.15, 0.2) is 48.7 Å². The zero-order chi connectivity index (χ0) is 13.2. The molecule has 0 bridgehead atoms. The third kappa shape index (κ3) is 2.11. The van der Waals surface area contributed by atoms with Gasteiger partial charge < -0.3 is 5.32 Å².